The molecule has 0 aromatic rings. The predicted octanol–water partition coefficient (Wildman–Crippen LogP) is 1.65. The summed E-state index contributed by atoms with van der Waals surface area (Å²) in [5, 5.41) is 3.64. The molecule has 0 aromatic carbocycles. The topological polar surface area (TPSA) is 41.6 Å². The lowest BCUT2D eigenvalue weighted by Gasteiger charge is -2.41. The Balaban J connectivity index is 1.72. The molecule has 0 saturated carbocycles. The molecular formula is C15H28N2O2. The van der Waals surface area contributed by atoms with E-state index in [1.54, 1.807) is 0 Å². The average molecular weight is 268 g/mol. The Morgan fingerprint density at radius 1 is 1.32 bits per heavy atom. The summed E-state index contributed by atoms with van der Waals surface area (Å²) in [5.41, 5.74) is 0.0787. The molecule has 19 heavy (non-hydrogen) atoms. The van der Waals surface area contributed by atoms with Gasteiger partial charge in [-0.3, -0.25) is 4.79 Å². The maximum Gasteiger partial charge on any atom is 0.227 e. The summed E-state index contributed by atoms with van der Waals surface area (Å²) < 4.78 is 5.27. The number of rotatable bonds is 3. The van der Waals surface area contributed by atoms with Crippen LogP contribution in [0.15, 0.2) is 0 Å². The quantitative estimate of drug-likeness (QED) is 0.846. The molecule has 1 N–H and O–H groups in total. The molecule has 2 rings (SSSR count). The molecule has 2 aliphatic rings. The van der Waals surface area contributed by atoms with Gasteiger partial charge >= 0.3 is 0 Å². The van der Waals surface area contributed by atoms with Crippen molar-refractivity contribution < 1.29 is 9.53 Å². The van der Waals surface area contributed by atoms with E-state index in [0.29, 0.717) is 11.5 Å². The standard InChI is InChI=1S/C15H28N2O2/c1-14(2,3)13(18)17-7-5-12(6-8-17)16-9-15(4)10-19-11-15/h12,16H,5-11H2,1-4H3. The first kappa shape index (κ1) is 14.8. The van der Waals surface area contributed by atoms with Crippen molar-refractivity contribution >= 4 is 5.91 Å². The van der Waals surface area contributed by atoms with E-state index in [1.165, 1.54) is 0 Å². The summed E-state index contributed by atoms with van der Waals surface area (Å²) in [7, 11) is 0. The van der Waals surface area contributed by atoms with Gasteiger partial charge in [0.25, 0.3) is 0 Å². The SMILES string of the molecule is CC1(CNC2CCN(C(=O)C(C)(C)C)CC2)COC1. The van der Waals surface area contributed by atoms with E-state index in [0.717, 1.165) is 45.7 Å². The number of hydrogen-bond donors (Lipinski definition) is 1. The van der Waals surface area contributed by atoms with E-state index in [-0.39, 0.29) is 11.3 Å². The largest absolute Gasteiger partial charge is 0.380 e. The molecule has 0 aliphatic carbocycles. The second-order valence-electron chi connectivity index (χ2n) is 7.50. The van der Waals surface area contributed by atoms with Gasteiger partial charge in [-0.05, 0) is 12.8 Å². The van der Waals surface area contributed by atoms with Crippen molar-refractivity contribution in [2.24, 2.45) is 10.8 Å². The molecule has 2 fully saturated rings. The van der Waals surface area contributed by atoms with E-state index >= 15 is 0 Å². The van der Waals surface area contributed by atoms with Gasteiger partial charge in [0.15, 0.2) is 0 Å². The summed E-state index contributed by atoms with van der Waals surface area (Å²) >= 11 is 0. The molecule has 0 bridgehead atoms. The van der Waals surface area contributed by atoms with Gasteiger partial charge in [-0.2, -0.15) is 0 Å². The van der Waals surface area contributed by atoms with Crippen LogP contribution in [-0.2, 0) is 9.53 Å². The maximum atomic E-state index is 12.2. The van der Waals surface area contributed by atoms with Gasteiger partial charge in [0.1, 0.15) is 0 Å². The first-order chi connectivity index (χ1) is 8.80. The number of likely N-dealkylation sites (tertiary alicyclic amines) is 1. The molecule has 0 aromatic heterocycles. The zero-order valence-corrected chi connectivity index (χ0v) is 12.8. The summed E-state index contributed by atoms with van der Waals surface area (Å²) in [5.74, 6) is 0.283. The highest BCUT2D eigenvalue weighted by atomic mass is 16.5. The molecule has 110 valence electrons. The molecule has 0 unspecified atom stereocenters. The molecule has 1 amide bonds. The van der Waals surface area contributed by atoms with Crippen molar-refractivity contribution in [3.8, 4) is 0 Å². The van der Waals surface area contributed by atoms with Crippen LogP contribution >= 0.6 is 0 Å². The third-order valence-electron chi connectivity index (χ3n) is 4.14. The highest BCUT2D eigenvalue weighted by Gasteiger charge is 2.35. The second-order valence-corrected chi connectivity index (χ2v) is 7.50. The molecule has 2 saturated heterocycles. The number of ether oxygens (including phenoxy) is 1. The van der Waals surface area contributed by atoms with Crippen LogP contribution in [0.5, 0.6) is 0 Å². The second kappa shape index (κ2) is 5.41. The number of carbonyl (C=O) groups excluding carboxylic acids is 1. The Labute approximate surface area is 116 Å². The normalized spacial score (nSPS) is 24.1. The number of nitrogens with zero attached hydrogens (tertiary/aromatic N) is 1. The highest BCUT2D eigenvalue weighted by molar-refractivity contribution is 5.81. The van der Waals surface area contributed by atoms with Crippen LogP contribution in [-0.4, -0.2) is 49.7 Å². The number of nitrogens with one attached hydrogen (secondary N) is 1. The third-order valence-corrected chi connectivity index (χ3v) is 4.14. The predicted molar refractivity (Wildman–Crippen MR) is 76.0 cm³/mol. The number of piperidine rings is 1. The summed E-state index contributed by atoms with van der Waals surface area (Å²) in [6.07, 6.45) is 2.14. The van der Waals surface area contributed by atoms with E-state index in [1.807, 2.05) is 25.7 Å². The monoisotopic (exact) mass is 268 g/mol. The smallest absolute Gasteiger partial charge is 0.227 e. The van der Waals surface area contributed by atoms with Crippen LogP contribution < -0.4 is 5.32 Å². The lowest BCUT2D eigenvalue weighted by molar-refractivity contribution is -0.140. The van der Waals surface area contributed by atoms with Crippen LogP contribution in [0.4, 0.5) is 0 Å². The van der Waals surface area contributed by atoms with E-state index in [9.17, 15) is 4.79 Å². The minimum Gasteiger partial charge on any atom is -0.380 e. The van der Waals surface area contributed by atoms with Crippen LogP contribution in [0.3, 0.4) is 0 Å². The van der Waals surface area contributed by atoms with E-state index in [4.69, 9.17) is 4.74 Å². The van der Waals surface area contributed by atoms with Gasteiger partial charge in [0.2, 0.25) is 5.91 Å². The van der Waals surface area contributed by atoms with Gasteiger partial charge in [-0.15, -0.1) is 0 Å². The molecule has 4 nitrogen and oxygen atoms in total. The Morgan fingerprint density at radius 3 is 2.32 bits per heavy atom. The molecular weight excluding hydrogens is 240 g/mol. The summed E-state index contributed by atoms with van der Waals surface area (Å²) in [6.45, 7) is 12.8. The van der Waals surface area contributed by atoms with E-state index < -0.39 is 0 Å². The Morgan fingerprint density at radius 2 is 1.89 bits per heavy atom. The average Bonchev–Trinajstić information content (AvgIpc) is 2.33. The minimum absolute atomic E-state index is 0.253. The van der Waals surface area contributed by atoms with Crippen molar-refractivity contribution in [1.82, 2.24) is 10.2 Å². The lowest BCUT2D eigenvalue weighted by atomic mass is 9.88. The lowest BCUT2D eigenvalue weighted by Crippen LogP contribution is -2.53. The zero-order chi connectivity index (χ0) is 14.1. The molecule has 0 spiro atoms. The van der Waals surface area contributed by atoms with Crippen LogP contribution in [0, 0.1) is 10.8 Å². The Bertz CT molecular complexity index is 324. The minimum atomic E-state index is -0.253. The first-order valence-corrected chi connectivity index (χ1v) is 7.41. The fourth-order valence-corrected chi connectivity index (χ4v) is 2.70. The van der Waals surface area contributed by atoms with Gasteiger partial charge in [0.05, 0.1) is 13.2 Å². The Hall–Kier alpha value is -0.610. The zero-order valence-electron chi connectivity index (χ0n) is 12.8. The van der Waals surface area contributed by atoms with Crippen LogP contribution in [0.25, 0.3) is 0 Å². The first-order valence-electron chi connectivity index (χ1n) is 7.41. The van der Waals surface area contributed by atoms with Crippen molar-refractivity contribution in [2.75, 3.05) is 32.8 Å². The fourth-order valence-electron chi connectivity index (χ4n) is 2.70. The van der Waals surface area contributed by atoms with Crippen LogP contribution in [0.2, 0.25) is 0 Å². The van der Waals surface area contributed by atoms with Crippen molar-refractivity contribution in [1.29, 1.82) is 0 Å². The van der Waals surface area contributed by atoms with Crippen molar-refractivity contribution in [2.45, 2.75) is 46.6 Å². The highest BCUT2D eigenvalue weighted by Crippen LogP contribution is 2.26. The van der Waals surface area contributed by atoms with Crippen LogP contribution in [0.1, 0.15) is 40.5 Å². The maximum absolute atomic E-state index is 12.2. The molecule has 2 aliphatic heterocycles. The summed E-state index contributed by atoms with van der Waals surface area (Å²) in [6, 6.07) is 0.557. The molecule has 0 atom stereocenters. The Kier molecular flexibility index (Phi) is 4.21. The fraction of sp³-hybridized carbons (Fsp3) is 0.933. The van der Waals surface area contributed by atoms with Gasteiger partial charge in [-0.25, -0.2) is 0 Å². The number of amides is 1. The van der Waals surface area contributed by atoms with Gasteiger partial charge in [0, 0.05) is 36.5 Å². The third kappa shape index (κ3) is 3.69. The number of hydrogen-bond acceptors (Lipinski definition) is 3. The van der Waals surface area contributed by atoms with Crippen molar-refractivity contribution in [3.05, 3.63) is 0 Å². The van der Waals surface area contributed by atoms with Gasteiger partial charge in [-0.1, -0.05) is 27.7 Å². The van der Waals surface area contributed by atoms with Gasteiger partial charge < -0.3 is 15.0 Å². The number of carbonyl (C=O) groups is 1. The van der Waals surface area contributed by atoms with Crippen molar-refractivity contribution in [3.63, 3.8) is 0 Å². The molecule has 4 heteroatoms. The molecule has 0 radical (unpaired) electrons. The summed E-state index contributed by atoms with van der Waals surface area (Å²) in [4.78, 5) is 14.2. The molecule has 2 heterocycles. The van der Waals surface area contributed by atoms with E-state index in [2.05, 4.69) is 12.2 Å².